The van der Waals surface area contributed by atoms with Crippen LogP contribution >= 0.6 is 0 Å². The van der Waals surface area contributed by atoms with E-state index in [0.29, 0.717) is 46.4 Å². The highest BCUT2D eigenvalue weighted by Gasteiger charge is 2.17. The molecule has 7 rings (SSSR count). The first-order valence-electron chi connectivity index (χ1n) is 12.9. The highest BCUT2D eigenvalue weighted by atomic mass is 19.1. The fourth-order valence-electron chi connectivity index (χ4n) is 4.85. The topological polar surface area (TPSA) is 102 Å². The molecular formula is C32H23FN6O2. The van der Waals surface area contributed by atoms with Gasteiger partial charge in [-0.25, -0.2) is 9.37 Å². The SMILES string of the molecule is COc1cc(F)cc(-c2nccc3[nH]c(-c4n[nH]c5ccc(-c6cncc(OCc7ccccc7)c6)cc45)nc23)c1. The van der Waals surface area contributed by atoms with Gasteiger partial charge in [-0.05, 0) is 47.5 Å². The normalized spacial score (nSPS) is 11.3. The predicted molar refractivity (Wildman–Crippen MR) is 155 cm³/mol. The number of hydrogen-bond donors (Lipinski definition) is 2. The summed E-state index contributed by atoms with van der Waals surface area (Å²) in [5.41, 5.74) is 6.96. The second-order valence-corrected chi connectivity index (χ2v) is 9.54. The maximum Gasteiger partial charge on any atom is 0.159 e. The smallest absolute Gasteiger partial charge is 0.159 e. The van der Waals surface area contributed by atoms with Gasteiger partial charge in [0.05, 0.1) is 30.0 Å². The van der Waals surface area contributed by atoms with Gasteiger partial charge < -0.3 is 14.5 Å². The fraction of sp³-hybridized carbons (Fsp3) is 0.0625. The summed E-state index contributed by atoms with van der Waals surface area (Å²) in [5, 5.41) is 8.54. The number of fused-ring (bicyclic) bond motifs is 2. The Morgan fingerprint density at radius 1 is 0.805 bits per heavy atom. The minimum Gasteiger partial charge on any atom is -0.497 e. The molecule has 0 aliphatic heterocycles. The van der Waals surface area contributed by atoms with Crippen LogP contribution in [0.15, 0.2) is 97.5 Å². The van der Waals surface area contributed by atoms with Gasteiger partial charge >= 0.3 is 0 Å². The Balaban J connectivity index is 1.24. The third-order valence-corrected chi connectivity index (χ3v) is 6.86. The highest BCUT2D eigenvalue weighted by molar-refractivity contribution is 5.97. The second kappa shape index (κ2) is 10.2. The van der Waals surface area contributed by atoms with E-state index in [4.69, 9.17) is 14.5 Å². The molecule has 41 heavy (non-hydrogen) atoms. The molecule has 8 nitrogen and oxygen atoms in total. The van der Waals surface area contributed by atoms with Gasteiger partial charge in [0.1, 0.15) is 35.1 Å². The van der Waals surface area contributed by atoms with Gasteiger partial charge in [-0.1, -0.05) is 36.4 Å². The first-order valence-corrected chi connectivity index (χ1v) is 12.9. The van der Waals surface area contributed by atoms with Crippen LogP contribution in [0.1, 0.15) is 5.56 Å². The molecule has 0 radical (unpaired) electrons. The molecule has 0 saturated carbocycles. The Hall–Kier alpha value is -5.57. The number of nitrogens with zero attached hydrogens (tertiary/aromatic N) is 4. The van der Waals surface area contributed by atoms with Gasteiger partial charge in [0.15, 0.2) is 5.82 Å². The van der Waals surface area contributed by atoms with Crippen molar-refractivity contribution in [1.82, 2.24) is 30.1 Å². The molecule has 0 aliphatic rings. The van der Waals surface area contributed by atoms with E-state index in [2.05, 4.69) is 31.2 Å². The molecule has 0 fully saturated rings. The van der Waals surface area contributed by atoms with Crippen LogP contribution < -0.4 is 9.47 Å². The number of benzene rings is 3. The number of nitrogens with one attached hydrogen (secondary N) is 2. The van der Waals surface area contributed by atoms with Gasteiger partial charge in [0.25, 0.3) is 0 Å². The molecule has 3 aromatic carbocycles. The van der Waals surface area contributed by atoms with E-state index >= 15 is 0 Å². The summed E-state index contributed by atoms with van der Waals surface area (Å²) in [6, 6.07) is 24.3. The monoisotopic (exact) mass is 542 g/mol. The Bertz CT molecular complexity index is 2020. The standard InChI is InChI=1S/C32H23FN6O2/c1-40-24-12-21(11-23(33)15-24)29-31-28(9-10-35-29)36-32(37-31)30-26-14-20(7-8-27(26)38-39-30)22-13-25(17-34-16-22)41-18-19-5-3-2-4-6-19/h2-17H,18H2,1H3,(H,36,37)(H,38,39). The van der Waals surface area contributed by atoms with E-state index in [1.54, 1.807) is 18.5 Å². The molecule has 0 spiro atoms. The lowest BCUT2D eigenvalue weighted by Gasteiger charge is -2.08. The van der Waals surface area contributed by atoms with Crippen LogP contribution in [0.25, 0.3) is 55.8 Å². The highest BCUT2D eigenvalue weighted by Crippen LogP contribution is 2.34. The fourth-order valence-corrected chi connectivity index (χ4v) is 4.85. The number of hydrogen-bond acceptors (Lipinski definition) is 6. The lowest BCUT2D eigenvalue weighted by atomic mass is 10.0. The zero-order valence-electron chi connectivity index (χ0n) is 21.9. The lowest BCUT2D eigenvalue weighted by Crippen LogP contribution is -1.95. The minimum atomic E-state index is -0.413. The van der Waals surface area contributed by atoms with E-state index in [1.807, 2.05) is 60.8 Å². The van der Waals surface area contributed by atoms with Crippen LogP contribution in [0, 0.1) is 5.82 Å². The number of rotatable bonds is 7. The average Bonchev–Trinajstić information content (AvgIpc) is 3.64. The molecule has 0 bridgehead atoms. The van der Waals surface area contributed by atoms with Crippen LogP contribution in [0.2, 0.25) is 0 Å². The molecule has 0 unspecified atom stereocenters. The van der Waals surface area contributed by atoms with Gasteiger partial charge in [-0.15, -0.1) is 0 Å². The quantitative estimate of drug-likeness (QED) is 0.226. The molecule has 0 amide bonds. The van der Waals surface area contributed by atoms with Gasteiger partial charge in [-0.2, -0.15) is 5.10 Å². The van der Waals surface area contributed by atoms with Crippen molar-refractivity contribution in [2.24, 2.45) is 0 Å². The van der Waals surface area contributed by atoms with E-state index < -0.39 is 5.82 Å². The zero-order chi connectivity index (χ0) is 27.8. The van der Waals surface area contributed by atoms with Crippen LogP contribution in [-0.2, 0) is 6.61 Å². The molecule has 0 saturated heterocycles. The maximum atomic E-state index is 14.3. The summed E-state index contributed by atoms with van der Waals surface area (Å²) in [7, 11) is 1.50. The van der Waals surface area contributed by atoms with Crippen LogP contribution in [-0.4, -0.2) is 37.2 Å². The number of aromatic amines is 2. The van der Waals surface area contributed by atoms with Crippen molar-refractivity contribution in [2.45, 2.75) is 6.61 Å². The molecule has 7 aromatic rings. The van der Waals surface area contributed by atoms with Gasteiger partial charge in [0.2, 0.25) is 0 Å². The van der Waals surface area contributed by atoms with Crippen molar-refractivity contribution in [3.8, 4) is 45.4 Å². The molecule has 2 N–H and O–H groups in total. The Labute approximate surface area is 233 Å². The second-order valence-electron chi connectivity index (χ2n) is 9.54. The van der Waals surface area contributed by atoms with Crippen molar-refractivity contribution in [3.63, 3.8) is 0 Å². The molecular weight excluding hydrogens is 519 g/mol. The Morgan fingerprint density at radius 2 is 1.68 bits per heavy atom. The molecule has 9 heteroatoms. The number of ether oxygens (including phenoxy) is 2. The lowest BCUT2D eigenvalue weighted by molar-refractivity contribution is 0.305. The zero-order valence-corrected chi connectivity index (χ0v) is 21.9. The number of pyridine rings is 2. The summed E-state index contributed by atoms with van der Waals surface area (Å²) in [6.07, 6.45) is 5.18. The Morgan fingerprint density at radius 3 is 2.56 bits per heavy atom. The molecule has 0 atom stereocenters. The number of imidazole rings is 1. The third kappa shape index (κ3) is 4.74. The van der Waals surface area contributed by atoms with Crippen molar-refractivity contribution < 1.29 is 13.9 Å². The summed E-state index contributed by atoms with van der Waals surface area (Å²) >= 11 is 0. The number of halogens is 1. The average molecular weight is 543 g/mol. The van der Waals surface area contributed by atoms with Crippen molar-refractivity contribution in [2.75, 3.05) is 7.11 Å². The van der Waals surface area contributed by atoms with E-state index in [0.717, 1.165) is 33.1 Å². The largest absolute Gasteiger partial charge is 0.497 e. The molecule has 4 aromatic heterocycles. The first-order chi connectivity index (χ1) is 20.1. The first kappa shape index (κ1) is 24.5. The third-order valence-electron chi connectivity index (χ3n) is 6.86. The molecule has 200 valence electrons. The summed E-state index contributed by atoms with van der Waals surface area (Å²) in [6.45, 7) is 0.461. The summed E-state index contributed by atoms with van der Waals surface area (Å²) < 4.78 is 25.5. The molecule has 4 heterocycles. The van der Waals surface area contributed by atoms with Crippen LogP contribution in [0.3, 0.4) is 0 Å². The van der Waals surface area contributed by atoms with Crippen LogP contribution in [0.4, 0.5) is 4.39 Å². The Kier molecular flexibility index (Phi) is 6.09. The number of H-pyrrole nitrogens is 2. The van der Waals surface area contributed by atoms with E-state index in [1.165, 1.54) is 19.2 Å². The van der Waals surface area contributed by atoms with Crippen LogP contribution in [0.5, 0.6) is 11.5 Å². The summed E-state index contributed by atoms with van der Waals surface area (Å²) in [4.78, 5) is 17.1. The van der Waals surface area contributed by atoms with Crippen molar-refractivity contribution in [1.29, 1.82) is 0 Å². The van der Waals surface area contributed by atoms with Crippen molar-refractivity contribution >= 4 is 21.9 Å². The minimum absolute atomic E-state index is 0.407. The maximum absolute atomic E-state index is 14.3. The van der Waals surface area contributed by atoms with Gasteiger partial charge in [0, 0.05) is 35.0 Å². The number of methoxy groups -OCH3 is 1. The van der Waals surface area contributed by atoms with Crippen molar-refractivity contribution in [3.05, 3.63) is 109 Å². The molecule has 0 aliphatic carbocycles. The summed E-state index contributed by atoms with van der Waals surface area (Å²) in [5.74, 6) is 1.25. The predicted octanol–water partition coefficient (Wildman–Crippen LogP) is 6.96. The number of aromatic nitrogens is 6. The van der Waals surface area contributed by atoms with E-state index in [9.17, 15) is 4.39 Å². The van der Waals surface area contributed by atoms with Gasteiger partial charge in [-0.3, -0.25) is 15.1 Å². The van der Waals surface area contributed by atoms with E-state index in [-0.39, 0.29) is 0 Å².